The van der Waals surface area contributed by atoms with Gasteiger partial charge in [-0.3, -0.25) is 4.79 Å². The van der Waals surface area contributed by atoms with Gasteiger partial charge in [0, 0.05) is 24.6 Å². The molecule has 0 radical (unpaired) electrons. The molecule has 1 aliphatic heterocycles. The molecule has 2 heterocycles. The number of hydrogen-bond acceptors (Lipinski definition) is 6. The lowest BCUT2D eigenvalue weighted by molar-refractivity contribution is 0.0790. The van der Waals surface area contributed by atoms with Gasteiger partial charge in [0.2, 0.25) is 0 Å². The van der Waals surface area contributed by atoms with Crippen LogP contribution in [0.5, 0.6) is 5.75 Å². The van der Waals surface area contributed by atoms with E-state index in [-0.39, 0.29) is 36.1 Å². The van der Waals surface area contributed by atoms with Crippen LogP contribution in [-0.2, 0) is 6.54 Å². The molecule has 0 saturated carbocycles. The highest BCUT2D eigenvalue weighted by Gasteiger charge is 2.28. The monoisotopic (exact) mass is 446 g/mol. The maximum atomic E-state index is 13.1. The summed E-state index contributed by atoms with van der Waals surface area (Å²) in [6, 6.07) is 13.3. The number of benzene rings is 2. The number of carbonyl (C=O) groups excluding carboxylic acids is 1. The van der Waals surface area contributed by atoms with E-state index in [1.807, 2.05) is 4.90 Å². The van der Waals surface area contributed by atoms with Crippen LogP contribution >= 0.6 is 12.4 Å². The Labute approximate surface area is 185 Å². The van der Waals surface area contributed by atoms with Crippen molar-refractivity contribution in [3.05, 3.63) is 71.8 Å². The van der Waals surface area contributed by atoms with Gasteiger partial charge in [-0.05, 0) is 53.6 Å². The van der Waals surface area contributed by atoms with Gasteiger partial charge in [-0.15, -0.1) is 22.6 Å². The third-order valence-corrected chi connectivity index (χ3v) is 5.17. The number of likely N-dealkylation sites (tertiary alicyclic amines) is 1. The van der Waals surface area contributed by atoms with Gasteiger partial charge in [0.05, 0.1) is 12.6 Å². The Morgan fingerprint density at radius 2 is 1.94 bits per heavy atom. The zero-order valence-electron chi connectivity index (χ0n) is 16.8. The molecule has 2 aromatic carbocycles. The van der Waals surface area contributed by atoms with Gasteiger partial charge in [0.1, 0.15) is 18.2 Å². The summed E-state index contributed by atoms with van der Waals surface area (Å²) in [5.41, 5.74) is 7.68. The van der Waals surface area contributed by atoms with Crippen LogP contribution in [0.2, 0.25) is 0 Å². The number of carbonyl (C=O) groups is 1. The average Bonchev–Trinajstić information content (AvgIpc) is 3.45. The van der Waals surface area contributed by atoms with E-state index in [1.54, 1.807) is 36.4 Å². The van der Waals surface area contributed by atoms with Gasteiger partial charge >= 0.3 is 0 Å². The molecule has 0 spiro atoms. The quantitative estimate of drug-likeness (QED) is 0.597. The minimum absolute atomic E-state index is 0. The summed E-state index contributed by atoms with van der Waals surface area (Å²) in [4.78, 5) is 16.1. The Hall–Kier alpha value is -3.04. The van der Waals surface area contributed by atoms with Crippen molar-refractivity contribution in [1.29, 1.82) is 0 Å². The fourth-order valence-electron chi connectivity index (χ4n) is 3.57. The van der Waals surface area contributed by atoms with Crippen LogP contribution < -0.4 is 10.5 Å². The summed E-state index contributed by atoms with van der Waals surface area (Å²) >= 11 is 0. The van der Waals surface area contributed by atoms with E-state index < -0.39 is 0 Å². The highest BCUT2D eigenvalue weighted by atomic mass is 35.5. The van der Waals surface area contributed by atoms with Crippen LogP contribution in [0.1, 0.15) is 28.3 Å². The standard InChI is InChI=1S/C21H23FN6O2.ClH/c22-18-5-1-15(2-6-18)17-9-10-27(11-17)21(29)16-3-7-20(8-4-16)30-13-19(23)12-28-25-14-24-26-28;/h1-8,14,17,19H,9-13,23H2;1H/t17-,19+;/m1./s1. The van der Waals surface area contributed by atoms with Crippen LogP contribution in [0.15, 0.2) is 54.9 Å². The molecule has 8 nitrogen and oxygen atoms in total. The summed E-state index contributed by atoms with van der Waals surface area (Å²) in [5.74, 6) is 0.611. The fraction of sp³-hybridized carbons (Fsp3) is 0.333. The number of hydrogen-bond donors (Lipinski definition) is 1. The molecule has 0 aliphatic carbocycles. The molecule has 4 rings (SSSR count). The molecule has 1 aliphatic rings. The van der Waals surface area contributed by atoms with Crippen molar-refractivity contribution < 1.29 is 13.9 Å². The molecular weight excluding hydrogens is 423 g/mol. The molecule has 1 saturated heterocycles. The van der Waals surface area contributed by atoms with Gasteiger partial charge in [-0.1, -0.05) is 12.1 Å². The second-order valence-electron chi connectivity index (χ2n) is 7.37. The Bertz CT molecular complexity index is 969. The topological polar surface area (TPSA) is 99.2 Å². The highest BCUT2D eigenvalue weighted by molar-refractivity contribution is 5.94. The second-order valence-corrected chi connectivity index (χ2v) is 7.37. The molecule has 31 heavy (non-hydrogen) atoms. The first-order valence-electron chi connectivity index (χ1n) is 9.82. The van der Waals surface area contributed by atoms with E-state index in [9.17, 15) is 9.18 Å². The highest BCUT2D eigenvalue weighted by Crippen LogP contribution is 2.28. The first-order valence-corrected chi connectivity index (χ1v) is 9.82. The third-order valence-electron chi connectivity index (χ3n) is 5.17. The van der Waals surface area contributed by atoms with Crippen molar-refractivity contribution in [3.8, 4) is 5.75 Å². The molecule has 2 atom stereocenters. The Morgan fingerprint density at radius 3 is 2.61 bits per heavy atom. The molecule has 164 valence electrons. The van der Waals surface area contributed by atoms with Gasteiger partial charge in [-0.2, -0.15) is 4.80 Å². The maximum Gasteiger partial charge on any atom is 0.253 e. The van der Waals surface area contributed by atoms with E-state index in [1.165, 1.54) is 23.3 Å². The molecule has 3 aromatic rings. The summed E-state index contributed by atoms with van der Waals surface area (Å²) < 4.78 is 18.8. The maximum absolute atomic E-state index is 13.1. The number of ether oxygens (including phenoxy) is 1. The van der Waals surface area contributed by atoms with E-state index >= 15 is 0 Å². The predicted octanol–water partition coefficient (Wildman–Crippen LogP) is 2.27. The van der Waals surface area contributed by atoms with Crippen molar-refractivity contribution in [1.82, 2.24) is 25.1 Å². The lowest BCUT2D eigenvalue weighted by Gasteiger charge is -2.17. The Balaban J connectivity index is 0.00000272. The Morgan fingerprint density at radius 1 is 1.19 bits per heavy atom. The second kappa shape index (κ2) is 10.3. The number of aromatic nitrogens is 4. The fourth-order valence-corrected chi connectivity index (χ4v) is 3.57. The number of amides is 1. The Kier molecular flexibility index (Phi) is 7.54. The zero-order chi connectivity index (χ0) is 20.9. The minimum atomic E-state index is -0.284. The van der Waals surface area contributed by atoms with E-state index in [2.05, 4.69) is 15.4 Å². The first kappa shape index (κ1) is 22.6. The number of tetrazole rings is 1. The van der Waals surface area contributed by atoms with Gasteiger partial charge < -0.3 is 15.4 Å². The molecule has 0 unspecified atom stereocenters. The van der Waals surface area contributed by atoms with E-state index in [4.69, 9.17) is 10.5 Å². The number of rotatable bonds is 7. The molecular formula is C21H24ClFN6O2. The van der Waals surface area contributed by atoms with Crippen molar-refractivity contribution in [2.24, 2.45) is 5.73 Å². The predicted molar refractivity (Wildman–Crippen MR) is 115 cm³/mol. The van der Waals surface area contributed by atoms with Gasteiger partial charge in [0.15, 0.2) is 6.33 Å². The minimum Gasteiger partial charge on any atom is -0.492 e. The average molecular weight is 447 g/mol. The largest absolute Gasteiger partial charge is 0.492 e. The number of halogens is 2. The molecule has 10 heteroatoms. The lowest BCUT2D eigenvalue weighted by Crippen LogP contribution is -2.33. The normalized spacial score (nSPS) is 16.6. The first-order chi connectivity index (χ1) is 14.6. The smallest absolute Gasteiger partial charge is 0.253 e. The van der Waals surface area contributed by atoms with Crippen molar-refractivity contribution in [2.45, 2.75) is 24.9 Å². The summed E-state index contributed by atoms with van der Waals surface area (Å²) in [6.07, 6.45) is 2.22. The number of nitrogens with zero attached hydrogens (tertiary/aromatic N) is 5. The summed E-state index contributed by atoms with van der Waals surface area (Å²) in [6.45, 7) is 2.01. The summed E-state index contributed by atoms with van der Waals surface area (Å²) in [7, 11) is 0. The lowest BCUT2D eigenvalue weighted by atomic mass is 9.99. The molecule has 1 aromatic heterocycles. The molecule has 1 amide bonds. The van der Waals surface area contributed by atoms with Crippen molar-refractivity contribution in [3.63, 3.8) is 0 Å². The van der Waals surface area contributed by atoms with Crippen LogP contribution in [-0.4, -0.2) is 56.8 Å². The van der Waals surface area contributed by atoms with Gasteiger partial charge in [-0.25, -0.2) is 4.39 Å². The van der Waals surface area contributed by atoms with Crippen LogP contribution in [0, 0.1) is 5.82 Å². The molecule has 2 N–H and O–H groups in total. The van der Waals surface area contributed by atoms with Crippen LogP contribution in [0.4, 0.5) is 4.39 Å². The summed E-state index contributed by atoms with van der Waals surface area (Å²) in [5, 5.41) is 11.3. The van der Waals surface area contributed by atoms with Crippen molar-refractivity contribution in [2.75, 3.05) is 19.7 Å². The zero-order valence-corrected chi connectivity index (χ0v) is 17.6. The van der Waals surface area contributed by atoms with E-state index in [0.717, 1.165) is 12.0 Å². The number of nitrogens with two attached hydrogens (primary N) is 1. The van der Waals surface area contributed by atoms with Crippen LogP contribution in [0.25, 0.3) is 0 Å². The third kappa shape index (κ3) is 5.77. The van der Waals surface area contributed by atoms with Gasteiger partial charge in [0.25, 0.3) is 5.91 Å². The molecule has 0 bridgehead atoms. The molecule has 1 fully saturated rings. The van der Waals surface area contributed by atoms with Crippen molar-refractivity contribution >= 4 is 18.3 Å². The van der Waals surface area contributed by atoms with E-state index in [0.29, 0.717) is 37.6 Å². The SMILES string of the molecule is Cl.N[C@H](COc1ccc(C(=O)N2CC[C@@H](c3ccc(F)cc3)C2)cc1)Cn1ncnn1. The van der Waals surface area contributed by atoms with Crippen LogP contribution in [0.3, 0.4) is 0 Å².